The summed E-state index contributed by atoms with van der Waals surface area (Å²) < 4.78 is 5.70. The minimum atomic E-state index is -0.181. The van der Waals surface area contributed by atoms with Crippen LogP contribution in [-0.2, 0) is 11.4 Å². The summed E-state index contributed by atoms with van der Waals surface area (Å²) in [5.41, 5.74) is 7.70. The molecule has 0 unspecified atom stereocenters. The van der Waals surface area contributed by atoms with Gasteiger partial charge in [0.25, 0.3) is 0 Å². The van der Waals surface area contributed by atoms with Crippen molar-refractivity contribution in [2.24, 2.45) is 16.8 Å². The maximum atomic E-state index is 9.22. The molecule has 3 rings (SSSR count). The summed E-state index contributed by atoms with van der Waals surface area (Å²) in [4.78, 5) is 9.30. The maximum absolute atomic E-state index is 9.22. The Kier molecular flexibility index (Phi) is 5.28. The van der Waals surface area contributed by atoms with Crippen LogP contribution < -0.4 is 10.5 Å². The van der Waals surface area contributed by atoms with Crippen molar-refractivity contribution in [3.8, 4) is 5.75 Å². The first-order valence-electron chi connectivity index (χ1n) is 7.96. The van der Waals surface area contributed by atoms with Crippen LogP contribution in [0, 0.1) is 5.92 Å². The molecule has 0 atom stereocenters. The monoisotopic (exact) mass is 327 g/mol. The Morgan fingerprint density at radius 3 is 2.71 bits per heavy atom. The number of ether oxygens (including phenoxy) is 1. The molecule has 0 radical (unpaired) electrons. The molecule has 0 aliphatic heterocycles. The third kappa shape index (κ3) is 4.45. The van der Waals surface area contributed by atoms with E-state index in [4.69, 9.17) is 15.3 Å². The number of oxime groups is 1. The second-order valence-electron chi connectivity index (χ2n) is 5.94. The smallest absolute Gasteiger partial charge is 0.170 e. The summed E-state index contributed by atoms with van der Waals surface area (Å²) in [7, 11) is 0. The lowest BCUT2D eigenvalue weighted by atomic mass is 9.83. The highest BCUT2D eigenvalue weighted by atomic mass is 16.6. The summed E-state index contributed by atoms with van der Waals surface area (Å²) >= 11 is 0. The molecular weight excluding hydrogens is 306 g/mol. The van der Waals surface area contributed by atoms with E-state index >= 15 is 0 Å². The number of aliphatic hydroxyl groups excluding tert-OH is 1. The quantitative estimate of drug-likeness (QED) is 0.461. The number of amidine groups is 1. The molecule has 2 aromatic rings. The van der Waals surface area contributed by atoms with Gasteiger partial charge in [-0.15, -0.1) is 0 Å². The molecular formula is C18H21N3O3. The number of aliphatic hydroxyl groups is 1. The highest BCUT2D eigenvalue weighted by molar-refractivity contribution is 5.97. The van der Waals surface area contributed by atoms with E-state index in [0.29, 0.717) is 25.0 Å². The highest BCUT2D eigenvalue weighted by Crippen LogP contribution is 2.27. The Balaban J connectivity index is 1.48. The van der Waals surface area contributed by atoms with Gasteiger partial charge in [-0.25, -0.2) is 0 Å². The molecule has 1 saturated carbocycles. The molecule has 1 aliphatic rings. The third-order valence-corrected chi connectivity index (χ3v) is 3.96. The number of hydrogen-bond acceptors (Lipinski definition) is 5. The number of nitrogens with two attached hydrogens (primary N) is 1. The normalized spacial score (nSPS) is 20.3. The maximum Gasteiger partial charge on any atom is 0.170 e. The van der Waals surface area contributed by atoms with Crippen LogP contribution in [0.1, 0.15) is 24.0 Å². The van der Waals surface area contributed by atoms with E-state index in [9.17, 15) is 5.11 Å². The lowest BCUT2D eigenvalue weighted by Crippen LogP contribution is -2.31. The van der Waals surface area contributed by atoms with Gasteiger partial charge >= 0.3 is 0 Å². The molecule has 0 amide bonds. The van der Waals surface area contributed by atoms with Gasteiger partial charge in [0, 0.05) is 29.4 Å². The topological polar surface area (TPSA) is 90.0 Å². The Hall–Kier alpha value is -2.60. The zero-order valence-electron chi connectivity index (χ0n) is 13.3. The summed E-state index contributed by atoms with van der Waals surface area (Å²) in [5, 5.41) is 13.1. The number of rotatable bonds is 7. The molecule has 0 bridgehead atoms. The van der Waals surface area contributed by atoms with Gasteiger partial charge in [0.2, 0.25) is 0 Å². The third-order valence-electron chi connectivity index (χ3n) is 3.96. The first kappa shape index (κ1) is 16.3. The standard InChI is InChI=1S/C18H21N3O3/c19-18(21-24-12-14-8-16(22)9-14)15-3-5-17(6-4-15)23-11-13-2-1-7-20-10-13/h1-7,10,14,16,22H,8-9,11-12H2,(H2,19,21). The fourth-order valence-corrected chi connectivity index (χ4v) is 2.47. The molecule has 3 N–H and O–H groups in total. The number of pyridine rings is 1. The zero-order valence-corrected chi connectivity index (χ0v) is 13.3. The molecule has 1 heterocycles. The van der Waals surface area contributed by atoms with Crippen molar-refractivity contribution >= 4 is 5.84 Å². The van der Waals surface area contributed by atoms with Crippen LogP contribution in [0.3, 0.4) is 0 Å². The van der Waals surface area contributed by atoms with Crippen molar-refractivity contribution in [2.45, 2.75) is 25.6 Å². The van der Waals surface area contributed by atoms with Crippen LogP contribution in [0.2, 0.25) is 0 Å². The fraction of sp³-hybridized carbons (Fsp3) is 0.333. The fourth-order valence-electron chi connectivity index (χ4n) is 2.47. The van der Waals surface area contributed by atoms with Gasteiger partial charge in [0.05, 0.1) is 6.10 Å². The summed E-state index contributed by atoms with van der Waals surface area (Å²) in [6.07, 6.45) is 4.88. The molecule has 1 fully saturated rings. The Bertz CT molecular complexity index is 668. The van der Waals surface area contributed by atoms with Gasteiger partial charge in [0.1, 0.15) is 19.0 Å². The summed E-state index contributed by atoms with van der Waals surface area (Å²) in [5.74, 6) is 1.45. The summed E-state index contributed by atoms with van der Waals surface area (Å²) in [6, 6.07) is 11.2. The van der Waals surface area contributed by atoms with Crippen LogP contribution in [0.5, 0.6) is 5.75 Å². The lowest BCUT2D eigenvalue weighted by Gasteiger charge is -2.29. The van der Waals surface area contributed by atoms with E-state index in [0.717, 1.165) is 29.7 Å². The zero-order chi connectivity index (χ0) is 16.8. The Labute approximate surface area is 140 Å². The Morgan fingerprint density at radius 1 is 1.25 bits per heavy atom. The summed E-state index contributed by atoms with van der Waals surface area (Å²) in [6.45, 7) is 0.956. The van der Waals surface area contributed by atoms with Crippen molar-refractivity contribution in [3.05, 3.63) is 59.9 Å². The minimum Gasteiger partial charge on any atom is -0.489 e. The average Bonchev–Trinajstić information content (AvgIpc) is 2.59. The van der Waals surface area contributed by atoms with Crippen LogP contribution in [0.25, 0.3) is 0 Å². The van der Waals surface area contributed by atoms with Crippen molar-refractivity contribution in [1.82, 2.24) is 4.98 Å². The van der Waals surface area contributed by atoms with Crippen molar-refractivity contribution in [2.75, 3.05) is 6.61 Å². The van der Waals surface area contributed by atoms with Crippen molar-refractivity contribution < 1.29 is 14.7 Å². The van der Waals surface area contributed by atoms with E-state index < -0.39 is 0 Å². The van der Waals surface area contributed by atoms with Gasteiger partial charge in [0.15, 0.2) is 5.84 Å². The average molecular weight is 327 g/mol. The van der Waals surface area contributed by atoms with E-state index in [1.165, 1.54) is 0 Å². The van der Waals surface area contributed by atoms with Crippen molar-refractivity contribution in [3.63, 3.8) is 0 Å². The molecule has 126 valence electrons. The first-order chi connectivity index (χ1) is 11.7. The van der Waals surface area contributed by atoms with Gasteiger partial charge < -0.3 is 20.4 Å². The van der Waals surface area contributed by atoms with E-state index in [-0.39, 0.29) is 6.10 Å². The lowest BCUT2D eigenvalue weighted by molar-refractivity contribution is -0.00864. The molecule has 6 heteroatoms. The van der Waals surface area contributed by atoms with E-state index in [1.807, 2.05) is 36.4 Å². The highest BCUT2D eigenvalue weighted by Gasteiger charge is 2.27. The number of nitrogens with zero attached hydrogens (tertiary/aromatic N) is 2. The van der Waals surface area contributed by atoms with Gasteiger partial charge in [-0.3, -0.25) is 4.98 Å². The van der Waals surface area contributed by atoms with Gasteiger partial charge in [-0.1, -0.05) is 11.2 Å². The van der Waals surface area contributed by atoms with E-state index in [1.54, 1.807) is 12.4 Å². The largest absolute Gasteiger partial charge is 0.489 e. The van der Waals surface area contributed by atoms with Gasteiger partial charge in [-0.05, 0) is 43.2 Å². The molecule has 1 aromatic carbocycles. The molecule has 1 aliphatic carbocycles. The van der Waals surface area contributed by atoms with Crippen LogP contribution in [0.4, 0.5) is 0 Å². The van der Waals surface area contributed by atoms with E-state index in [2.05, 4.69) is 10.1 Å². The molecule has 1 aromatic heterocycles. The number of aromatic nitrogens is 1. The first-order valence-corrected chi connectivity index (χ1v) is 7.96. The van der Waals surface area contributed by atoms with Crippen LogP contribution in [-0.4, -0.2) is 28.6 Å². The molecule has 24 heavy (non-hydrogen) atoms. The molecule has 0 saturated heterocycles. The van der Waals surface area contributed by atoms with Gasteiger partial charge in [-0.2, -0.15) is 0 Å². The van der Waals surface area contributed by atoms with Crippen molar-refractivity contribution in [1.29, 1.82) is 0 Å². The minimum absolute atomic E-state index is 0.181. The van der Waals surface area contributed by atoms with Crippen LogP contribution >= 0.6 is 0 Å². The SMILES string of the molecule is N/C(=N\OCC1CC(O)C1)c1ccc(OCc2cccnc2)cc1. The number of benzene rings is 1. The second-order valence-corrected chi connectivity index (χ2v) is 5.94. The second kappa shape index (κ2) is 7.79. The number of hydrogen-bond donors (Lipinski definition) is 2. The van der Waals surface area contributed by atoms with Crippen LogP contribution in [0.15, 0.2) is 53.9 Å². The predicted octanol–water partition coefficient (Wildman–Crippen LogP) is 2.07. The molecule has 6 nitrogen and oxygen atoms in total. The molecule has 0 spiro atoms. The predicted molar refractivity (Wildman–Crippen MR) is 90.4 cm³/mol. The Morgan fingerprint density at radius 2 is 2.04 bits per heavy atom.